The number of hydrogen-bond acceptors (Lipinski definition) is 4. The van der Waals surface area contributed by atoms with E-state index >= 15 is 0 Å². The molecule has 0 radical (unpaired) electrons. The monoisotopic (exact) mass is 417 g/mol. The predicted octanol–water partition coefficient (Wildman–Crippen LogP) is 5.43. The van der Waals surface area contributed by atoms with E-state index in [1.807, 2.05) is 48.7 Å². The van der Waals surface area contributed by atoms with Crippen molar-refractivity contribution in [1.29, 1.82) is 0 Å². The summed E-state index contributed by atoms with van der Waals surface area (Å²) in [6, 6.07) is 18.9. The zero-order valence-corrected chi connectivity index (χ0v) is 16.2. The molecule has 0 bridgehead atoms. The molecule has 2 aromatic carbocycles. The van der Waals surface area contributed by atoms with Crippen LogP contribution in [0.3, 0.4) is 0 Å². The maximum absolute atomic E-state index is 12.6. The molecule has 2 heterocycles. The Hall–Kier alpha value is -4.13. The minimum atomic E-state index is -2.91. The third kappa shape index (κ3) is 4.90. The number of allylic oxidation sites excluding steroid dienone is 1. The van der Waals surface area contributed by atoms with Crippen molar-refractivity contribution in [1.82, 2.24) is 14.8 Å². The molecule has 154 valence electrons. The van der Waals surface area contributed by atoms with Crippen LogP contribution < -0.4 is 4.74 Å². The van der Waals surface area contributed by atoms with Crippen LogP contribution >= 0.6 is 0 Å². The summed E-state index contributed by atoms with van der Waals surface area (Å²) in [5, 5.41) is 4.67. The molecule has 0 aliphatic rings. The van der Waals surface area contributed by atoms with Crippen molar-refractivity contribution in [2.24, 2.45) is 0 Å². The second-order valence-corrected chi connectivity index (χ2v) is 6.56. The lowest BCUT2D eigenvalue weighted by Gasteiger charge is -2.04. The minimum absolute atomic E-state index is 0.00136. The van der Waals surface area contributed by atoms with Gasteiger partial charge in [0.2, 0.25) is 0 Å². The first-order valence-corrected chi connectivity index (χ1v) is 9.43. The lowest BCUT2D eigenvalue weighted by molar-refractivity contribution is -0.0498. The first kappa shape index (κ1) is 20.2. The lowest BCUT2D eigenvalue weighted by Crippen LogP contribution is -2.02. The van der Waals surface area contributed by atoms with E-state index in [-0.39, 0.29) is 11.5 Å². The van der Waals surface area contributed by atoms with Gasteiger partial charge in [-0.1, -0.05) is 18.2 Å². The van der Waals surface area contributed by atoms with E-state index in [2.05, 4.69) is 14.8 Å². The summed E-state index contributed by atoms with van der Waals surface area (Å²) in [7, 11) is 0. The average Bonchev–Trinajstić information content (AvgIpc) is 3.23. The highest BCUT2D eigenvalue weighted by molar-refractivity contribution is 6.07. The molecule has 31 heavy (non-hydrogen) atoms. The molecule has 0 N–H and O–H groups in total. The summed E-state index contributed by atoms with van der Waals surface area (Å²) in [5.41, 5.74) is 3.48. The number of alkyl halides is 2. The fraction of sp³-hybridized carbons (Fsp3) is 0.0417. The number of ketones is 1. The van der Waals surface area contributed by atoms with Crippen LogP contribution in [0.1, 0.15) is 15.9 Å². The van der Waals surface area contributed by atoms with Gasteiger partial charge in [0.25, 0.3) is 0 Å². The van der Waals surface area contributed by atoms with Crippen LogP contribution in [0.4, 0.5) is 8.78 Å². The molecule has 0 amide bonds. The van der Waals surface area contributed by atoms with Gasteiger partial charge in [-0.2, -0.15) is 13.9 Å². The Morgan fingerprint density at radius 2 is 1.77 bits per heavy atom. The topological polar surface area (TPSA) is 57.0 Å². The van der Waals surface area contributed by atoms with Gasteiger partial charge in [0.05, 0.1) is 5.69 Å². The molecule has 4 rings (SSSR count). The third-order valence-corrected chi connectivity index (χ3v) is 4.48. The first-order chi connectivity index (χ1) is 15.1. The van der Waals surface area contributed by atoms with Crippen molar-refractivity contribution in [2.45, 2.75) is 6.61 Å². The Morgan fingerprint density at radius 1 is 1.00 bits per heavy atom. The van der Waals surface area contributed by atoms with E-state index in [0.29, 0.717) is 11.3 Å². The van der Waals surface area contributed by atoms with Crippen LogP contribution in [-0.4, -0.2) is 27.2 Å². The van der Waals surface area contributed by atoms with Crippen molar-refractivity contribution in [2.75, 3.05) is 0 Å². The number of benzene rings is 2. The van der Waals surface area contributed by atoms with Crippen LogP contribution in [-0.2, 0) is 0 Å². The zero-order chi connectivity index (χ0) is 21.6. The molecule has 2 aromatic heterocycles. The number of carbonyl (C=O) groups is 1. The number of para-hydroxylation sites is 1. The SMILES string of the molecule is O=C(C=Cc1cn(-c2ccccc2)nc1-c1cccnc1)c1ccc(OC(F)F)cc1. The van der Waals surface area contributed by atoms with Gasteiger partial charge in [-0.05, 0) is 60.7 Å². The first-order valence-electron chi connectivity index (χ1n) is 9.43. The maximum atomic E-state index is 12.6. The van der Waals surface area contributed by atoms with E-state index in [1.165, 1.54) is 30.3 Å². The highest BCUT2D eigenvalue weighted by atomic mass is 19.3. The summed E-state index contributed by atoms with van der Waals surface area (Å²) >= 11 is 0. The minimum Gasteiger partial charge on any atom is -0.435 e. The van der Waals surface area contributed by atoms with Crippen LogP contribution in [0.5, 0.6) is 5.75 Å². The van der Waals surface area contributed by atoms with Crippen molar-refractivity contribution in [3.63, 3.8) is 0 Å². The maximum Gasteiger partial charge on any atom is 0.387 e. The van der Waals surface area contributed by atoms with Gasteiger partial charge in [-0.15, -0.1) is 0 Å². The normalized spacial score (nSPS) is 11.2. The molecule has 0 fully saturated rings. The van der Waals surface area contributed by atoms with Crippen LogP contribution in [0.15, 0.2) is 91.4 Å². The summed E-state index contributed by atoms with van der Waals surface area (Å²) in [4.78, 5) is 16.7. The van der Waals surface area contributed by atoms with Gasteiger partial charge in [0.15, 0.2) is 5.78 Å². The number of hydrogen-bond donors (Lipinski definition) is 0. The Labute approximate surface area is 177 Å². The highest BCUT2D eigenvalue weighted by Crippen LogP contribution is 2.24. The summed E-state index contributed by atoms with van der Waals surface area (Å²) < 4.78 is 30.6. The van der Waals surface area contributed by atoms with Gasteiger partial charge in [-0.25, -0.2) is 4.68 Å². The number of ether oxygens (including phenoxy) is 1. The molecule has 5 nitrogen and oxygen atoms in total. The molecular formula is C24H17F2N3O2. The van der Waals surface area contributed by atoms with E-state index < -0.39 is 6.61 Å². The van der Waals surface area contributed by atoms with Crippen molar-refractivity contribution in [3.8, 4) is 22.7 Å². The van der Waals surface area contributed by atoms with Crippen LogP contribution in [0.25, 0.3) is 23.0 Å². The lowest BCUT2D eigenvalue weighted by atomic mass is 10.1. The van der Waals surface area contributed by atoms with E-state index in [0.717, 1.165) is 16.8 Å². The summed E-state index contributed by atoms with van der Waals surface area (Å²) in [5.74, 6) is -0.272. The van der Waals surface area contributed by atoms with Crippen molar-refractivity contribution < 1.29 is 18.3 Å². The molecule has 0 atom stereocenters. The standard InChI is InChI=1S/C24H17F2N3O2/c25-24(26)31-21-11-8-17(9-12-21)22(30)13-10-19-16-29(20-6-2-1-3-7-20)28-23(19)18-5-4-14-27-15-18/h1-16,24H. The Kier molecular flexibility index (Phi) is 5.93. The summed E-state index contributed by atoms with van der Waals surface area (Å²) in [6.45, 7) is -2.91. The Bertz CT molecular complexity index is 1190. The number of pyridine rings is 1. The van der Waals surface area contributed by atoms with Crippen molar-refractivity contribution in [3.05, 3.63) is 103 Å². The third-order valence-electron chi connectivity index (χ3n) is 4.48. The Balaban J connectivity index is 1.63. The number of carbonyl (C=O) groups excluding carboxylic acids is 1. The molecule has 0 saturated carbocycles. The van der Waals surface area contributed by atoms with Gasteiger partial charge >= 0.3 is 6.61 Å². The molecular weight excluding hydrogens is 400 g/mol. The van der Waals surface area contributed by atoms with Gasteiger partial charge in [0.1, 0.15) is 11.4 Å². The second-order valence-electron chi connectivity index (χ2n) is 6.56. The number of rotatable bonds is 7. The van der Waals surface area contributed by atoms with Crippen LogP contribution in [0, 0.1) is 0 Å². The van der Waals surface area contributed by atoms with E-state index in [4.69, 9.17) is 0 Å². The fourth-order valence-corrected chi connectivity index (χ4v) is 3.01. The molecule has 0 saturated heterocycles. The van der Waals surface area contributed by atoms with Gasteiger partial charge in [0, 0.05) is 35.3 Å². The van der Waals surface area contributed by atoms with E-state index in [1.54, 1.807) is 23.2 Å². The highest BCUT2D eigenvalue weighted by Gasteiger charge is 2.12. The number of aromatic nitrogens is 3. The molecule has 7 heteroatoms. The number of halogens is 2. The largest absolute Gasteiger partial charge is 0.435 e. The second kappa shape index (κ2) is 9.13. The summed E-state index contributed by atoms with van der Waals surface area (Å²) in [6.07, 6.45) is 8.33. The Morgan fingerprint density at radius 3 is 2.45 bits per heavy atom. The predicted molar refractivity (Wildman–Crippen MR) is 113 cm³/mol. The molecule has 0 unspecified atom stereocenters. The van der Waals surface area contributed by atoms with E-state index in [9.17, 15) is 13.6 Å². The van der Waals surface area contributed by atoms with Gasteiger partial charge in [-0.3, -0.25) is 9.78 Å². The fourth-order valence-electron chi connectivity index (χ4n) is 3.01. The smallest absolute Gasteiger partial charge is 0.387 e. The molecule has 0 spiro atoms. The quantitative estimate of drug-likeness (QED) is 0.297. The van der Waals surface area contributed by atoms with Crippen molar-refractivity contribution >= 4 is 11.9 Å². The van der Waals surface area contributed by atoms with Gasteiger partial charge < -0.3 is 4.74 Å². The average molecular weight is 417 g/mol. The molecule has 4 aromatic rings. The number of nitrogens with zero attached hydrogens (tertiary/aromatic N) is 3. The molecule has 0 aliphatic heterocycles. The molecule has 0 aliphatic carbocycles. The van der Waals surface area contributed by atoms with Crippen LogP contribution in [0.2, 0.25) is 0 Å². The zero-order valence-electron chi connectivity index (χ0n) is 16.2.